The second-order valence-electron chi connectivity index (χ2n) is 8.57. The smallest absolute Gasteiger partial charge is 0.232 e. The van der Waals surface area contributed by atoms with Crippen molar-refractivity contribution in [3.8, 4) is 28.7 Å². The van der Waals surface area contributed by atoms with Gasteiger partial charge in [-0.15, -0.1) is 0 Å². The molecule has 1 N–H and O–H groups in total. The molecule has 0 aromatic heterocycles. The van der Waals surface area contributed by atoms with Crippen LogP contribution < -0.4 is 18.9 Å². The van der Waals surface area contributed by atoms with E-state index < -0.39 is 0 Å². The zero-order valence-corrected chi connectivity index (χ0v) is 19.9. The van der Waals surface area contributed by atoms with Crippen LogP contribution in [0.4, 0.5) is 0 Å². The topological polar surface area (TPSA) is 77.5 Å². The van der Waals surface area contributed by atoms with Gasteiger partial charge < -0.3 is 24.1 Å². The molecule has 1 atom stereocenters. The first-order valence-corrected chi connectivity index (χ1v) is 11.2. The Hall–Kier alpha value is -3.19. The van der Waals surface area contributed by atoms with E-state index in [0.717, 1.165) is 19.4 Å². The van der Waals surface area contributed by atoms with Gasteiger partial charge in [-0.2, -0.15) is 0 Å². The number of nitrogens with zero attached hydrogens (tertiary/aromatic N) is 1. The van der Waals surface area contributed by atoms with Crippen LogP contribution in [0.5, 0.6) is 28.7 Å². The molecular formula is C26H31NO6. The molecule has 7 heteroatoms. The second-order valence-corrected chi connectivity index (χ2v) is 8.57. The van der Waals surface area contributed by atoms with Crippen LogP contribution in [0.2, 0.25) is 0 Å². The largest absolute Gasteiger partial charge is 0.507 e. The number of rotatable bonds is 6. The van der Waals surface area contributed by atoms with Gasteiger partial charge in [0.05, 0.1) is 32.5 Å². The van der Waals surface area contributed by atoms with E-state index in [1.165, 1.54) is 20.6 Å². The Bertz CT molecular complexity index is 1110. The maximum Gasteiger partial charge on any atom is 0.232 e. The summed E-state index contributed by atoms with van der Waals surface area (Å²) in [6, 6.07) is 5.61. The normalized spacial score (nSPS) is 19.4. The number of allylic oxidation sites excluding steroid dienone is 1. The lowest BCUT2D eigenvalue weighted by Crippen LogP contribution is -2.36. The third-order valence-corrected chi connectivity index (χ3v) is 6.54. The molecule has 0 bridgehead atoms. The number of piperidine rings is 1. The number of aryl methyl sites for hydroxylation is 1. The average Bonchev–Trinajstić information content (AvgIpc) is 3.13. The molecule has 0 amide bonds. The summed E-state index contributed by atoms with van der Waals surface area (Å²) < 4.78 is 22.5. The van der Waals surface area contributed by atoms with E-state index in [9.17, 15) is 9.90 Å². The van der Waals surface area contributed by atoms with Gasteiger partial charge in [-0.3, -0.25) is 9.69 Å². The number of ether oxygens (including phenoxy) is 4. The third-order valence-electron chi connectivity index (χ3n) is 6.54. The molecule has 2 aromatic carbocycles. The molecule has 2 aromatic rings. The Balaban J connectivity index is 1.74. The average molecular weight is 454 g/mol. The van der Waals surface area contributed by atoms with E-state index in [1.54, 1.807) is 31.4 Å². The molecule has 1 unspecified atom stereocenters. The number of hydrogen-bond acceptors (Lipinski definition) is 7. The first-order chi connectivity index (χ1) is 15.9. The molecule has 0 saturated carbocycles. The number of aromatic hydroxyl groups is 1. The fourth-order valence-electron chi connectivity index (χ4n) is 4.71. The van der Waals surface area contributed by atoms with Crippen molar-refractivity contribution in [1.82, 2.24) is 4.90 Å². The molecule has 176 valence electrons. The van der Waals surface area contributed by atoms with Crippen molar-refractivity contribution in [2.45, 2.75) is 45.7 Å². The van der Waals surface area contributed by atoms with Gasteiger partial charge in [-0.05, 0) is 63.1 Å². The highest BCUT2D eigenvalue weighted by Gasteiger charge is 2.34. The lowest BCUT2D eigenvalue weighted by Gasteiger charge is -2.33. The summed E-state index contributed by atoms with van der Waals surface area (Å²) in [5, 5.41) is 10.8. The maximum absolute atomic E-state index is 13.3. The minimum absolute atomic E-state index is 0.154. The highest BCUT2D eigenvalue weighted by molar-refractivity contribution is 6.16. The number of carbonyl (C=O) groups is 1. The Kier molecular flexibility index (Phi) is 6.51. The number of phenols is 1. The van der Waals surface area contributed by atoms with Gasteiger partial charge in [0, 0.05) is 18.2 Å². The molecule has 2 aliphatic heterocycles. The predicted molar refractivity (Wildman–Crippen MR) is 126 cm³/mol. The first-order valence-electron chi connectivity index (χ1n) is 11.2. The molecule has 33 heavy (non-hydrogen) atoms. The van der Waals surface area contributed by atoms with E-state index in [-0.39, 0.29) is 17.3 Å². The molecule has 2 aliphatic rings. The van der Waals surface area contributed by atoms with Gasteiger partial charge in [0.25, 0.3) is 0 Å². The van der Waals surface area contributed by atoms with Crippen LogP contribution in [0.3, 0.4) is 0 Å². The monoisotopic (exact) mass is 453 g/mol. The summed E-state index contributed by atoms with van der Waals surface area (Å²) in [4.78, 5) is 15.7. The molecule has 0 spiro atoms. The minimum atomic E-state index is -0.215. The van der Waals surface area contributed by atoms with Gasteiger partial charge in [0.15, 0.2) is 17.3 Å². The number of methoxy groups -OCH3 is 3. The molecule has 2 heterocycles. The number of hydrogen-bond donors (Lipinski definition) is 1. The number of likely N-dealkylation sites (tertiary alicyclic amines) is 1. The van der Waals surface area contributed by atoms with Crippen molar-refractivity contribution >= 4 is 11.9 Å². The van der Waals surface area contributed by atoms with Gasteiger partial charge in [0.1, 0.15) is 11.5 Å². The van der Waals surface area contributed by atoms with E-state index in [2.05, 4.69) is 11.8 Å². The summed E-state index contributed by atoms with van der Waals surface area (Å²) in [7, 11) is 4.62. The van der Waals surface area contributed by atoms with Crippen molar-refractivity contribution in [2.24, 2.45) is 0 Å². The Morgan fingerprint density at radius 1 is 1.15 bits per heavy atom. The SMILES string of the molecule is COc1ccc(/C=C2\Oc3c(CN4CCCCC4C)c(O)cc(C)c3C2=O)c(OC)c1OC. The molecule has 4 rings (SSSR count). The summed E-state index contributed by atoms with van der Waals surface area (Å²) >= 11 is 0. The Morgan fingerprint density at radius 2 is 1.91 bits per heavy atom. The van der Waals surface area contributed by atoms with Crippen molar-refractivity contribution in [2.75, 3.05) is 27.9 Å². The lowest BCUT2D eigenvalue weighted by molar-refractivity contribution is 0.101. The number of fused-ring (bicyclic) bond motifs is 1. The van der Waals surface area contributed by atoms with Crippen molar-refractivity contribution in [1.29, 1.82) is 0 Å². The summed E-state index contributed by atoms with van der Waals surface area (Å²) in [6.07, 6.45) is 5.11. The van der Waals surface area contributed by atoms with Crippen LogP contribution in [-0.2, 0) is 6.54 Å². The fraction of sp³-hybridized carbons (Fsp3) is 0.423. The van der Waals surface area contributed by atoms with Crippen molar-refractivity contribution in [3.63, 3.8) is 0 Å². The summed E-state index contributed by atoms with van der Waals surface area (Å²) in [6.45, 7) is 5.51. The second kappa shape index (κ2) is 9.35. The predicted octanol–water partition coefficient (Wildman–Crippen LogP) is 4.72. The van der Waals surface area contributed by atoms with Crippen molar-refractivity contribution in [3.05, 3.63) is 46.2 Å². The molecule has 7 nitrogen and oxygen atoms in total. The fourth-order valence-corrected chi connectivity index (χ4v) is 4.71. The lowest BCUT2D eigenvalue weighted by atomic mass is 9.97. The quantitative estimate of drug-likeness (QED) is 0.634. The Morgan fingerprint density at radius 3 is 2.58 bits per heavy atom. The van der Waals surface area contributed by atoms with Gasteiger partial charge >= 0.3 is 0 Å². The minimum Gasteiger partial charge on any atom is -0.507 e. The van der Waals surface area contributed by atoms with Crippen LogP contribution in [0.15, 0.2) is 24.0 Å². The molecular weight excluding hydrogens is 422 g/mol. The van der Waals surface area contributed by atoms with Crippen LogP contribution in [0.25, 0.3) is 6.08 Å². The van der Waals surface area contributed by atoms with Crippen LogP contribution in [0.1, 0.15) is 53.2 Å². The summed E-state index contributed by atoms with van der Waals surface area (Å²) in [5.74, 6) is 1.97. The highest BCUT2D eigenvalue weighted by atomic mass is 16.5. The standard InChI is InChI=1S/C26H31NO6/c1-15-12-19(28)18(14-27-11-7-6-8-16(27)2)25-22(15)23(29)21(33-25)13-17-9-10-20(30-3)26(32-5)24(17)31-4/h9-10,12-13,16,28H,6-8,11,14H2,1-5H3/b21-13-. The van der Waals surface area contributed by atoms with Crippen LogP contribution >= 0.6 is 0 Å². The van der Waals surface area contributed by atoms with E-state index in [1.807, 2.05) is 6.92 Å². The molecule has 1 saturated heterocycles. The van der Waals surface area contributed by atoms with E-state index >= 15 is 0 Å². The van der Waals surface area contributed by atoms with Gasteiger partial charge in [0.2, 0.25) is 11.5 Å². The highest BCUT2D eigenvalue weighted by Crippen LogP contribution is 2.45. The maximum atomic E-state index is 13.3. The molecule has 1 fully saturated rings. The van der Waals surface area contributed by atoms with Crippen LogP contribution in [0, 0.1) is 6.92 Å². The third kappa shape index (κ3) is 4.13. The van der Waals surface area contributed by atoms with E-state index in [4.69, 9.17) is 18.9 Å². The number of carbonyl (C=O) groups excluding carboxylic acids is 1. The molecule has 0 aliphatic carbocycles. The number of ketones is 1. The van der Waals surface area contributed by atoms with Gasteiger partial charge in [-0.25, -0.2) is 0 Å². The van der Waals surface area contributed by atoms with Gasteiger partial charge in [-0.1, -0.05) is 6.42 Å². The zero-order chi connectivity index (χ0) is 23.7. The first kappa shape index (κ1) is 23.0. The summed E-state index contributed by atoms with van der Waals surface area (Å²) in [5.41, 5.74) is 2.46. The number of phenolic OH excluding ortho intramolecular Hbond substituents is 1. The van der Waals surface area contributed by atoms with Crippen molar-refractivity contribution < 1.29 is 28.8 Å². The van der Waals surface area contributed by atoms with Crippen LogP contribution in [-0.4, -0.2) is 49.7 Å². The number of Topliss-reactive ketones (excluding diaryl/α,β-unsaturated/α-hetero) is 1. The Labute approximate surface area is 194 Å². The molecule has 0 radical (unpaired) electrons. The van der Waals surface area contributed by atoms with E-state index in [0.29, 0.717) is 57.8 Å². The zero-order valence-electron chi connectivity index (χ0n) is 19.9. The number of benzene rings is 2.